The van der Waals surface area contributed by atoms with E-state index in [0.717, 1.165) is 9.29 Å². The van der Waals surface area contributed by atoms with Crippen molar-refractivity contribution in [3.63, 3.8) is 0 Å². The number of nitrogens with zero attached hydrogens (tertiary/aromatic N) is 2. The molecule has 0 fully saturated rings. The second kappa shape index (κ2) is 2.43. The lowest BCUT2D eigenvalue weighted by atomic mass is 10.1. The summed E-state index contributed by atoms with van der Waals surface area (Å²) in [7, 11) is 1.92. The number of rotatable bonds is 0. The van der Waals surface area contributed by atoms with Gasteiger partial charge in [-0.2, -0.15) is 0 Å². The highest BCUT2D eigenvalue weighted by Crippen LogP contribution is 1.91. The molecule has 0 radical (unpaired) electrons. The maximum absolute atomic E-state index is 4.01. The van der Waals surface area contributed by atoms with Crippen LogP contribution >= 0.6 is 22.6 Å². The Kier molecular flexibility index (Phi) is 1.83. The molecule has 1 aromatic heterocycles. The molecule has 0 bridgehead atoms. The lowest BCUT2D eigenvalue weighted by Crippen LogP contribution is -2.07. The fourth-order valence-electron chi connectivity index (χ4n) is 0.377. The van der Waals surface area contributed by atoms with Gasteiger partial charge in [-0.1, -0.05) is 0 Å². The molecule has 0 saturated heterocycles. The van der Waals surface area contributed by atoms with Crippen LogP contribution in [0.15, 0.2) is 12.4 Å². The molecular weight excluding hydrogens is 214 g/mol. The SMILES string of the molecule is Bc1cnc(I)cn1. The minimum absolute atomic E-state index is 0.938. The third-order valence-electron chi connectivity index (χ3n) is 0.749. The van der Waals surface area contributed by atoms with Crippen LogP contribution in [0.1, 0.15) is 0 Å². The van der Waals surface area contributed by atoms with Gasteiger partial charge in [0.05, 0.1) is 6.20 Å². The summed E-state index contributed by atoms with van der Waals surface area (Å²) in [5.41, 5.74) is 0.963. The second-order valence-electron chi connectivity index (χ2n) is 1.48. The first kappa shape index (κ1) is 6.00. The summed E-state index contributed by atoms with van der Waals surface area (Å²) in [6.45, 7) is 0. The Morgan fingerprint density at radius 3 is 2.50 bits per heavy atom. The Bertz CT molecular complexity index is 153. The van der Waals surface area contributed by atoms with E-state index in [1.807, 2.05) is 7.85 Å². The van der Waals surface area contributed by atoms with E-state index in [1.54, 1.807) is 12.4 Å². The Balaban J connectivity index is 3.03. The van der Waals surface area contributed by atoms with E-state index in [1.165, 1.54) is 0 Å². The van der Waals surface area contributed by atoms with E-state index in [9.17, 15) is 0 Å². The summed E-state index contributed by atoms with van der Waals surface area (Å²) in [4.78, 5) is 8.01. The van der Waals surface area contributed by atoms with Gasteiger partial charge in [0.25, 0.3) is 0 Å². The van der Waals surface area contributed by atoms with E-state index in [2.05, 4.69) is 32.6 Å². The summed E-state index contributed by atoms with van der Waals surface area (Å²) in [6.07, 6.45) is 3.50. The van der Waals surface area contributed by atoms with E-state index in [0.29, 0.717) is 0 Å². The summed E-state index contributed by atoms with van der Waals surface area (Å²) in [6, 6.07) is 0. The first-order valence-electron chi connectivity index (χ1n) is 2.23. The van der Waals surface area contributed by atoms with E-state index >= 15 is 0 Å². The number of hydrogen-bond donors (Lipinski definition) is 0. The summed E-state index contributed by atoms with van der Waals surface area (Å²) >= 11 is 2.12. The van der Waals surface area contributed by atoms with E-state index in [-0.39, 0.29) is 0 Å². The molecule has 0 unspecified atom stereocenters. The van der Waals surface area contributed by atoms with Crippen LogP contribution in [-0.4, -0.2) is 17.8 Å². The van der Waals surface area contributed by atoms with Crippen LogP contribution in [-0.2, 0) is 0 Å². The van der Waals surface area contributed by atoms with Crippen LogP contribution in [0.4, 0.5) is 0 Å². The first-order chi connectivity index (χ1) is 3.79. The average molecular weight is 218 g/mol. The molecule has 8 heavy (non-hydrogen) atoms. The van der Waals surface area contributed by atoms with Crippen LogP contribution in [0, 0.1) is 3.70 Å². The van der Waals surface area contributed by atoms with Crippen LogP contribution in [0.5, 0.6) is 0 Å². The zero-order valence-corrected chi connectivity index (χ0v) is 6.58. The number of aromatic nitrogens is 2. The lowest BCUT2D eigenvalue weighted by Gasteiger charge is -1.87. The molecule has 0 amide bonds. The number of hydrogen-bond acceptors (Lipinski definition) is 2. The van der Waals surface area contributed by atoms with Crippen molar-refractivity contribution in [1.82, 2.24) is 9.97 Å². The molecule has 0 aliphatic heterocycles. The minimum Gasteiger partial charge on any atom is -0.268 e. The fourth-order valence-corrected chi connectivity index (χ4v) is 0.655. The third kappa shape index (κ3) is 1.43. The van der Waals surface area contributed by atoms with Gasteiger partial charge in [-0.25, -0.2) is 4.98 Å². The Hall–Kier alpha value is -0.125. The quantitative estimate of drug-likeness (QED) is 0.426. The molecule has 2 nitrogen and oxygen atoms in total. The summed E-state index contributed by atoms with van der Waals surface area (Å²) in [5.74, 6) is 0. The van der Waals surface area contributed by atoms with Gasteiger partial charge in [-0.15, -0.1) is 0 Å². The van der Waals surface area contributed by atoms with E-state index < -0.39 is 0 Å². The molecule has 0 spiro atoms. The zero-order chi connectivity index (χ0) is 5.98. The molecule has 0 aliphatic rings. The van der Waals surface area contributed by atoms with Gasteiger partial charge in [-0.05, 0) is 22.6 Å². The van der Waals surface area contributed by atoms with Gasteiger partial charge in [-0.3, -0.25) is 4.98 Å². The largest absolute Gasteiger partial charge is 0.268 e. The van der Waals surface area contributed by atoms with E-state index in [4.69, 9.17) is 0 Å². The normalized spacial score (nSPS) is 9.12. The Morgan fingerprint density at radius 1 is 1.38 bits per heavy atom. The predicted octanol–water partition coefficient (Wildman–Crippen LogP) is -0.660. The van der Waals surface area contributed by atoms with Gasteiger partial charge in [0, 0.05) is 11.8 Å². The molecular formula is C4H4BIN2. The smallest absolute Gasteiger partial charge is 0.166 e. The van der Waals surface area contributed by atoms with Gasteiger partial charge in [0.2, 0.25) is 0 Å². The molecule has 0 N–H and O–H groups in total. The molecule has 1 aromatic rings. The lowest BCUT2D eigenvalue weighted by molar-refractivity contribution is 1.20. The Morgan fingerprint density at radius 2 is 2.12 bits per heavy atom. The van der Waals surface area contributed by atoms with Crippen molar-refractivity contribution < 1.29 is 0 Å². The van der Waals surface area contributed by atoms with Crippen LogP contribution < -0.4 is 5.59 Å². The van der Waals surface area contributed by atoms with Crippen molar-refractivity contribution in [1.29, 1.82) is 0 Å². The topological polar surface area (TPSA) is 25.8 Å². The molecule has 0 aromatic carbocycles. The maximum Gasteiger partial charge on any atom is 0.166 e. The van der Waals surface area contributed by atoms with Gasteiger partial charge >= 0.3 is 0 Å². The highest BCUT2D eigenvalue weighted by atomic mass is 127. The summed E-state index contributed by atoms with van der Waals surface area (Å²) < 4.78 is 0.938. The standard InChI is InChI=1S/C4H4BIN2/c5-3-1-8-4(6)2-7-3/h1-2H,5H2. The van der Waals surface area contributed by atoms with Crippen LogP contribution in [0.2, 0.25) is 0 Å². The monoisotopic (exact) mass is 218 g/mol. The predicted molar refractivity (Wildman–Crippen MR) is 42.9 cm³/mol. The van der Waals surface area contributed by atoms with Crippen molar-refractivity contribution in [2.75, 3.05) is 0 Å². The first-order valence-corrected chi connectivity index (χ1v) is 3.31. The fraction of sp³-hybridized carbons (Fsp3) is 0. The highest BCUT2D eigenvalue weighted by molar-refractivity contribution is 14.1. The average Bonchev–Trinajstić information content (AvgIpc) is 1.77. The van der Waals surface area contributed by atoms with Crippen molar-refractivity contribution in [2.24, 2.45) is 0 Å². The molecule has 1 rings (SSSR count). The summed E-state index contributed by atoms with van der Waals surface area (Å²) in [5, 5.41) is 0. The van der Waals surface area contributed by atoms with Crippen LogP contribution in [0.25, 0.3) is 0 Å². The second-order valence-corrected chi connectivity index (χ2v) is 2.59. The van der Waals surface area contributed by atoms with Gasteiger partial charge < -0.3 is 0 Å². The van der Waals surface area contributed by atoms with Gasteiger partial charge in [0.15, 0.2) is 7.85 Å². The number of halogens is 1. The molecule has 0 aliphatic carbocycles. The van der Waals surface area contributed by atoms with Crippen molar-refractivity contribution in [3.8, 4) is 0 Å². The zero-order valence-electron chi connectivity index (χ0n) is 4.43. The molecule has 0 atom stereocenters. The van der Waals surface area contributed by atoms with Crippen molar-refractivity contribution >= 4 is 36.0 Å². The Labute approximate surface area is 62.3 Å². The van der Waals surface area contributed by atoms with Crippen molar-refractivity contribution in [3.05, 3.63) is 16.1 Å². The molecule has 1 heterocycles. The van der Waals surface area contributed by atoms with Crippen molar-refractivity contribution in [2.45, 2.75) is 0 Å². The third-order valence-corrected chi connectivity index (χ3v) is 1.31. The molecule has 40 valence electrons. The molecule has 0 saturated carbocycles. The maximum atomic E-state index is 4.01. The van der Waals surface area contributed by atoms with Crippen LogP contribution in [0.3, 0.4) is 0 Å². The van der Waals surface area contributed by atoms with Gasteiger partial charge in [0.1, 0.15) is 3.70 Å². The minimum atomic E-state index is 0.938. The highest BCUT2D eigenvalue weighted by Gasteiger charge is 1.84. The molecule has 4 heteroatoms.